The summed E-state index contributed by atoms with van der Waals surface area (Å²) in [6.45, 7) is 0.756. The Labute approximate surface area is 47.8 Å². The molecule has 0 rings (SSSR count). The van der Waals surface area contributed by atoms with Gasteiger partial charge in [-0.25, -0.2) is 10.5 Å². The molecule has 1 radical (unpaired) electrons. The summed E-state index contributed by atoms with van der Waals surface area (Å²) in [5.41, 5.74) is 11.3. The van der Waals surface area contributed by atoms with Gasteiger partial charge in [0.15, 0.2) is 0 Å². The molecule has 0 spiro atoms. The molecule has 4 heteroatoms. The number of carbonyl (C=O) groups excluding carboxylic acids is 1. The van der Waals surface area contributed by atoms with Crippen LogP contribution >= 0.6 is 0 Å². The lowest BCUT2D eigenvalue weighted by Gasteiger charge is -1.95. The number of hydrogen-bond donors (Lipinski definition) is 1. The molecule has 0 aromatic heterocycles. The second-order valence-electron chi connectivity index (χ2n) is 1.28. The molecule has 0 aliphatic rings. The zero-order valence-electron chi connectivity index (χ0n) is 4.52. The van der Waals surface area contributed by atoms with Crippen molar-refractivity contribution in [1.29, 1.82) is 0 Å². The van der Waals surface area contributed by atoms with E-state index in [1.54, 1.807) is 0 Å². The van der Waals surface area contributed by atoms with Gasteiger partial charge in [-0.1, -0.05) is 0 Å². The maximum Gasteiger partial charge on any atom is 0.426 e. The summed E-state index contributed by atoms with van der Waals surface area (Å²) in [4.78, 5) is 9.72. The van der Waals surface area contributed by atoms with Crippen LogP contribution in [0.2, 0.25) is 0 Å². The van der Waals surface area contributed by atoms with E-state index in [0.29, 0.717) is 13.0 Å². The first-order valence-corrected chi connectivity index (χ1v) is 2.36. The third-order valence-electron chi connectivity index (χ3n) is 0.582. The van der Waals surface area contributed by atoms with E-state index < -0.39 is 6.09 Å². The fraction of sp³-hybridized carbons (Fsp3) is 0.750. The van der Waals surface area contributed by atoms with Crippen LogP contribution in [0.15, 0.2) is 0 Å². The first-order chi connectivity index (χ1) is 3.77. The predicted molar refractivity (Wildman–Crippen MR) is 28.1 cm³/mol. The molecule has 1 amide bonds. The number of nitrogens with one attached hydrogen (secondary N) is 1. The van der Waals surface area contributed by atoms with Gasteiger partial charge in [0.2, 0.25) is 0 Å². The molecule has 0 saturated heterocycles. The van der Waals surface area contributed by atoms with Crippen molar-refractivity contribution in [2.45, 2.75) is 6.42 Å². The standard InChI is InChI=1S/C4H9N2O2/c5-2-1-3-8-4(6)7/h6H,1-3,5H2. The predicted octanol–water partition coefficient (Wildman–Crippen LogP) is -0.245. The topological polar surface area (TPSA) is 76.1 Å². The number of ether oxygens (including phenoxy) is 1. The van der Waals surface area contributed by atoms with Crippen LogP contribution in [0.25, 0.3) is 0 Å². The molecule has 8 heavy (non-hydrogen) atoms. The number of amides is 1. The van der Waals surface area contributed by atoms with Crippen molar-refractivity contribution in [1.82, 2.24) is 5.73 Å². The fourth-order valence-electron chi connectivity index (χ4n) is 0.248. The number of hydrogen-bond acceptors (Lipinski definition) is 3. The van der Waals surface area contributed by atoms with Gasteiger partial charge in [0.25, 0.3) is 0 Å². The molecular formula is C4H9N2O2. The van der Waals surface area contributed by atoms with Gasteiger partial charge < -0.3 is 10.5 Å². The van der Waals surface area contributed by atoms with E-state index in [1.165, 1.54) is 0 Å². The smallest absolute Gasteiger partial charge is 0.426 e. The average Bonchev–Trinajstić information content (AvgIpc) is 1.66. The van der Waals surface area contributed by atoms with Gasteiger partial charge in [0.05, 0.1) is 6.61 Å². The van der Waals surface area contributed by atoms with Gasteiger partial charge in [0, 0.05) is 0 Å². The molecule has 3 N–H and O–H groups in total. The summed E-state index contributed by atoms with van der Waals surface area (Å²) >= 11 is 0. The highest BCUT2D eigenvalue weighted by atomic mass is 16.5. The van der Waals surface area contributed by atoms with Crippen LogP contribution in [0.5, 0.6) is 0 Å². The van der Waals surface area contributed by atoms with Gasteiger partial charge in [-0.2, -0.15) is 0 Å². The van der Waals surface area contributed by atoms with Crippen molar-refractivity contribution in [2.75, 3.05) is 13.2 Å². The van der Waals surface area contributed by atoms with E-state index in [4.69, 9.17) is 11.5 Å². The Bertz CT molecular complexity index is 74.4. The molecule has 0 bridgehead atoms. The van der Waals surface area contributed by atoms with Crippen LogP contribution in [-0.4, -0.2) is 19.2 Å². The van der Waals surface area contributed by atoms with Gasteiger partial charge in [-0.3, -0.25) is 0 Å². The number of rotatable bonds is 3. The van der Waals surface area contributed by atoms with Gasteiger partial charge in [0.1, 0.15) is 0 Å². The van der Waals surface area contributed by atoms with Crippen molar-refractivity contribution in [3.63, 3.8) is 0 Å². The molecule has 0 saturated carbocycles. The van der Waals surface area contributed by atoms with Crippen molar-refractivity contribution >= 4 is 6.09 Å². The Morgan fingerprint density at radius 3 is 2.75 bits per heavy atom. The molecule has 0 unspecified atom stereocenters. The zero-order valence-corrected chi connectivity index (χ0v) is 4.52. The van der Waals surface area contributed by atoms with Crippen LogP contribution in [0.1, 0.15) is 6.42 Å². The second-order valence-corrected chi connectivity index (χ2v) is 1.28. The molecule has 47 valence electrons. The molecule has 0 aromatic rings. The van der Waals surface area contributed by atoms with E-state index in [9.17, 15) is 4.79 Å². The monoisotopic (exact) mass is 117 g/mol. The molecular weight excluding hydrogens is 108 g/mol. The summed E-state index contributed by atoms with van der Waals surface area (Å²) in [6, 6.07) is 0. The minimum atomic E-state index is -0.988. The molecule has 0 aliphatic heterocycles. The maximum atomic E-state index is 9.72. The first kappa shape index (κ1) is 7.23. The highest BCUT2D eigenvalue weighted by molar-refractivity contribution is 5.63. The average molecular weight is 117 g/mol. The van der Waals surface area contributed by atoms with Crippen molar-refractivity contribution < 1.29 is 9.53 Å². The van der Waals surface area contributed by atoms with Gasteiger partial charge in [-0.15, -0.1) is 0 Å². The third-order valence-corrected chi connectivity index (χ3v) is 0.582. The Balaban J connectivity index is 2.82. The van der Waals surface area contributed by atoms with Crippen LogP contribution < -0.4 is 11.5 Å². The van der Waals surface area contributed by atoms with Crippen molar-refractivity contribution in [3.8, 4) is 0 Å². The van der Waals surface area contributed by atoms with E-state index in [0.717, 1.165) is 0 Å². The van der Waals surface area contributed by atoms with E-state index in [2.05, 4.69) is 4.74 Å². The highest BCUT2D eigenvalue weighted by Crippen LogP contribution is 1.77. The van der Waals surface area contributed by atoms with Crippen molar-refractivity contribution in [2.24, 2.45) is 5.73 Å². The van der Waals surface area contributed by atoms with Crippen LogP contribution in [-0.2, 0) is 4.74 Å². The lowest BCUT2D eigenvalue weighted by atomic mass is 10.5. The fourth-order valence-corrected chi connectivity index (χ4v) is 0.248. The highest BCUT2D eigenvalue weighted by Gasteiger charge is 1.90. The summed E-state index contributed by atoms with van der Waals surface area (Å²) in [6.07, 6.45) is -0.358. The lowest BCUT2D eigenvalue weighted by molar-refractivity contribution is 0.154. The molecule has 0 atom stereocenters. The van der Waals surface area contributed by atoms with Crippen molar-refractivity contribution in [3.05, 3.63) is 0 Å². The van der Waals surface area contributed by atoms with Crippen LogP contribution in [0.4, 0.5) is 4.79 Å². The Morgan fingerprint density at radius 2 is 2.38 bits per heavy atom. The Kier molecular flexibility index (Phi) is 3.97. The van der Waals surface area contributed by atoms with Gasteiger partial charge in [-0.05, 0) is 13.0 Å². The molecule has 0 fully saturated rings. The molecule has 4 nitrogen and oxygen atoms in total. The normalized spacial score (nSPS) is 8.62. The maximum absolute atomic E-state index is 9.72. The van der Waals surface area contributed by atoms with Gasteiger partial charge >= 0.3 is 6.09 Å². The number of carbonyl (C=O) groups is 1. The first-order valence-electron chi connectivity index (χ1n) is 2.36. The summed E-state index contributed by atoms with van der Waals surface area (Å²) in [5.74, 6) is 0. The van der Waals surface area contributed by atoms with Crippen LogP contribution in [0.3, 0.4) is 0 Å². The second kappa shape index (κ2) is 4.39. The lowest BCUT2D eigenvalue weighted by Crippen LogP contribution is -2.08. The summed E-state index contributed by atoms with van der Waals surface area (Å²) in [5, 5.41) is 0. The van der Waals surface area contributed by atoms with E-state index in [-0.39, 0.29) is 6.61 Å². The molecule has 0 aliphatic carbocycles. The van der Waals surface area contributed by atoms with E-state index in [1.807, 2.05) is 0 Å². The largest absolute Gasteiger partial charge is 0.448 e. The van der Waals surface area contributed by atoms with Crippen LogP contribution in [0, 0.1) is 0 Å². The number of nitrogens with two attached hydrogens (primary N) is 1. The van der Waals surface area contributed by atoms with E-state index >= 15 is 0 Å². The Morgan fingerprint density at radius 1 is 1.75 bits per heavy atom. The molecule has 0 heterocycles. The molecule has 0 aromatic carbocycles. The quantitative estimate of drug-likeness (QED) is 0.518. The SMILES string of the molecule is [NH]C(=O)OCCCN. The summed E-state index contributed by atoms with van der Waals surface area (Å²) in [7, 11) is 0. The zero-order chi connectivity index (χ0) is 6.41. The summed E-state index contributed by atoms with van der Waals surface area (Å²) < 4.78 is 4.23. The minimum absolute atomic E-state index is 0.263. The third kappa shape index (κ3) is 5.23. The Hall–Kier alpha value is -0.770. The minimum Gasteiger partial charge on any atom is -0.448 e.